The van der Waals surface area contributed by atoms with Gasteiger partial charge in [0.25, 0.3) is 5.91 Å². The van der Waals surface area contributed by atoms with Crippen LogP contribution in [0.4, 0.5) is 11.4 Å². The van der Waals surface area contributed by atoms with Crippen LogP contribution in [0.25, 0.3) is 0 Å². The van der Waals surface area contributed by atoms with Gasteiger partial charge in [-0.3, -0.25) is 4.79 Å². The average molecular weight is 292 g/mol. The predicted molar refractivity (Wildman–Crippen MR) is 86.5 cm³/mol. The van der Waals surface area contributed by atoms with E-state index in [-0.39, 0.29) is 5.91 Å². The van der Waals surface area contributed by atoms with Crippen LogP contribution in [0.1, 0.15) is 12.5 Å². The molecule has 1 aliphatic heterocycles. The van der Waals surface area contributed by atoms with E-state index < -0.39 is 6.04 Å². The molecule has 5 heteroatoms. The first kappa shape index (κ1) is 14.1. The first-order valence-corrected chi connectivity index (χ1v) is 7.07. The molecule has 0 aliphatic carbocycles. The van der Waals surface area contributed by atoms with E-state index in [9.17, 15) is 4.79 Å². The molecule has 0 saturated carbocycles. The number of carbonyl (C=O) groups excluding carboxylic acids is 1. The number of hydrogen-bond acceptors (Lipinski definition) is 4. The van der Waals surface area contributed by atoms with Gasteiger partial charge in [0.15, 0.2) is 6.04 Å². The van der Waals surface area contributed by atoms with Crippen molar-refractivity contribution in [3.63, 3.8) is 0 Å². The second-order valence-corrected chi connectivity index (χ2v) is 5.13. The SMILES string of the molecule is CC1=NN(c2ccccc2C)C(=O)[C@H]1N=Nc1ccccc1. The molecule has 1 heterocycles. The molecule has 0 unspecified atom stereocenters. The molecule has 0 saturated heterocycles. The van der Waals surface area contributed by atoms with Crippen LogP contribution in [0.3, 0.4) is 0 Å². The predicted octanol–water partition coefficient (Wildman–Crippen LogP) is 3.87. The van der Waals surface area contributed by atoms with Gasteiger partial charge in [-0.15, -0.1) is 0 Å². The Morgan fingerprint density at radius 1 is 1.00 bits per heavy atom. The summed E-state index contributed by atoms with van der Waals surface area (Å²) in [5, 5.41) is 14.1. The molecule has 0 aromatic heterocycles. The first-order valence-electron chi connectivity index (χ1n) is 7.07. The van der Waals surface area contributed by atoms with E-state index in [2.05, 4.69) is 15.3 Å². The lowest BCUT2D eigenvalue weighted by molar-refractivity contribution is -0.117. The molecule has 2 aromatic carbocycles. The fraction of sp³-hybridized carbons (Fsp3) is 0.176. The number of benzene rings is 2. The van der Waals surface area contributed by atoms with E-state index >= 15 is 0 Å². The highest BCUT2D eigenvalue weighted by atomic mass is 16.2. The standard InChI is InChI=1S/C17H16N4O/c1-12-8-6-7-11-15(12)21-17(22)16(13(2)20-21)19-18-14-9-4-3-5-10-14/h3-11,16H,1-2H3/t16-/m0/s1. The summed E-state index contributed by atoms with van der Waals surface area (Å²) in [7, 11) is 0. The van der Waals surface area contributed by atoms with Crippen molar-refractivity contribution in [2.24, 2.45) is 15.3 Å². The largest absolute Gasteiger partial charge is 0.280 e. The van der Waals surface area contributed by atoms with Crippen molar-refractivity contribution in [2.45, 2.75) is 19.9 Å². The Morgan fingerprint density at radius 3 is 2.41 bits per heavy atom. The molecule has 5 nitrogen and oxygen atoms in total. The number of hydrogen-bond donors (Lipinski definition) is 0. The maximum absolute atomic E-state index is 12.5. The zero-order chi connectivity index (χ0) is 15.5. The number of hydrazone groups is 1. The molecular weight excluding hydrogens is 276 g/mol. The fourth-order valence-corrected chi connectivity index (χ4v) is 2.28. The molecular formula is C17H16N4O. The minimum Gasteiger partial charge on any atom is -0.269 e. The molecule has 0 radical (unpaired) electrons. The second-order valence-electron chi connectivity index (χ2n) is 5.13. The van der Waals surface area contributed by atoms with Crippen LogP contribution in [0.5, 0.6) is 0 Å². The summed E-state index contributed by atoms with van der Waals surface area (Å²) in [5.74, 6) is -0.175. The van der Waals surface area contributed by atoms with Crippen LogP contribution in [0, 0.1) is 6.92 Å². The highest BCUT2D eigenvalue weighted by molar-refractivity contribution is 6.18. The quantitative estimate of drug-likeness (QED) is 0.792. The van der Waals surface area contributed by atoms with Gasteiger partial charge < -0.3 is 0 Å². The van der Waals surface area contributed by atoms with Crippen LogP contribution >= 0.6 is 0 Å². The van der Waals surface area contributed by atoms with Gasteiger partial charge in [-0.05, 0) is 37.6 Å². The number of azo groups is 1. The maximum Gasteiger partial charge on any atom is 0.280 e. The molecule has 1 aliphatic rings. The van der Waals surface area contributed by atoms with Gasteiger partial charge in [-0.1, -0.05) is 36.4 Å². The molecule has 0 bridgehead atoms. The summed E-state index contributed by atoms with van der Waals surface area (Å²) in [6.45, 7) is 3.75. The van der Waals surface area contributed by atoms with Crippen LogP contribution in [0.15, 0.2) is 69.9 Å². The molecule has 110 valence electrons. The third-order valence-electron chi connectivity index (χ3n) is 3.48. The monoisotopic (exact) mass is 292 g/mol. The minimum absolute atomic E-state index is 0.175. The van der Waals surface area contributed by atoms with E-state index in [0.717, 1.165) is 16.9 Å². The normalized spacial score (nSPS) is 18.1. The zero-order valence-electron chi connectivity index (χ0n) is 12.5. The summed E-state index contributed by atoms with van der Waals surface area (Å²) in [4.78, 5) is 12.5. The second kappa shape index (κ2) is 5.89. The fourth-order valence-electron chi connectivity index (χ4n) is 2.28. The lowest BCUT2D eigenvalue weighted by Gasteiger charge is -2.14. The van der Waals surface area contributed by atoms with E-state index in [1.54, 1.807) is 6.92 Å². The molecule has 22 heavy (non-hydrogen) atoms. The van der Waals surface area contributed by atoms with Crippen LogP contribution in [-0.2, 0) is 4.79 Å². The number of carbonyl (C=O) groups is 1. The van der Waals surface area contributed by atoms with Gasteiger partial charge >= 0.3 is 0 Å². The van der Waals surface area contributed by atoms with Crippen molar-refractivity contribution in [3.8, 4) is 0 Å². The van der Waals surface area contributed by atoms with Gasteiger partial charge in [0.1, 0.15) is 0 Å². The van der Waals surface area contributed by atoms with Crippen molar-refractivity contribution in [1.82, 2.24) is 0 Å². The van der Waals surface area contributed by atoms with E-state index in [4.69, 9.17) is 0 Å². The summed E-state index contributed by atoms with van der Waals surface area (Å²) in [6, 6.07) is 16.3. The van der Waals surface area contributed by atoms with Crippen molar-refractivity contribution >= 4 is 23.0 Å². The zero-order valence-corrected chi connectivity index (χ0v) is 12.5. The van der Waals surface area contributed by atoms with Gasteiger partial charge in [0.05, 0.1) is 17.1 Å². The minimum atomic E-state index is -0.653. The molecule has 0 fully saturated rings. The third kappa shape index (κ3) is 2.65. The van der Waals surface area contributed by atoms with E-state index in [1.165, 1.54) is 5.01 Å². The number of aryl methyl sites for hydroxylation is 1. The average Bonchev–Trinajstić information content (AvgIpc) is 2.81. The van der Waals surface area contributed by atoms with Crippen molar-refractivity contribution in [2.75, 3.05) is 5.01 Å². The highest BCUT2D eigenvalue weighted by Crippen LogP contribution is 2.26. The molecule has 0 spiro atoms. The Bertz CT molecular complexity index is 752. The molecule has 2 aromatic rings. The number of para-hydroxylation sites is 1. The maximum atomic E-state index is 12.5. The van der Waals surface area contributed by atoms with Crippen molar-refractivity contribution in [3.05, 3.63) is 60.2 Å². The lowest BCUT2D eigenvalue weighted by Crippen LogP contribution is -2.30. The number of amides is 1. The Kier molecular flexibility index (Phi) is 3.78. The summed E-state index contributed by atoms with van der Waals surface area (Å²) < 4.78 is 0. The van der Waals surface area contributed by atoms with E-state index in [0.29, 0.717) is 5.71 Å². The highest BCUT2D eigenvalue weighted by Gasteiger charge is 2.35. The van der Waals surface area contributed by atoms with Gasteiger partial charge in [0, 0.05) is 0 Å². The number of anilines is 1. The summed E-state index contributed by atoms with van der Waals surface area (Å²) >= 11 is 0. The van der Waals surface area contributed by atoms with Gasteiger partial charge in [0.2, 0.25) is 0 Å². The lowest BCUT2D eigenvalue weighted by atomic mass is 10.1. The molecule has 3 rings (SSSR count). The topological polar surface area (TPSA) is 57.4 Å². The number of nitrogens with zero attached hydrogens (tertiary/aromatic N) is 4. The molecule has 1 amide bonds. The van der Waals surface area contributed by atoms with E-state index in [1.807, 2.05) is 61.5 Å². The Balaban J connectivity index is 1.85. The van der Waals surface area contributed by atoms with Gasteiger partial charge in [-0.2, -0.15) is 20.3 Å². The summed E-state index contributed by atoms with van der Waals surface area (Å²) in [6.07, 6.45) is 0. The first-order chi connectivity index (χ1) is 10.7. The van der Waals surface area contributed by atoms with Gasteiger partial charge in [-0.25, -0.2) is 0 Å². The molecule has 0 N–H and O–H groups in total. The van der Waals surface area contributed by atoms with Crippen LogP contribution < -0.4 is 5.01 Å². The smallest absolute Gasteiger partial charge is 0.269 e. The van der Waals surface area contributed by atoms with Crippen molar-refractivity contribution in [1.29, 1.82) is 0 Å². The Labute approximate surface area is 129 Å². The van der Waals surface area contributed by atoms with Crippen LogP contribution in [-0.4, -0.2) is 17.7 Å². The molecule has 1 atom stereocenters. The Hall–Kier alpha value is -2.82. The number of rotatable bonds is 3. The van der Waals surface area contributed by atoms with Crippen LogP contribution in [0.2, 0.25) is 0 Å². The summed E-state index contributed by atoms with van der Waals surface area (Å²) in [5.41, 5.74) is 3.14. The van der Waals surface area contributed by atoms with Crippen molar-refractivity contribution < 1.29 is 4.79 Å². The Morgan fingerprint density at radius 2 is 1.68 bits per heavy atom. The third-order valence-corrected chi connectivity index (χ3v) is 3.48.